The highest BCUT2D eigenvalue weighted by Gasteiger charge is 2.23. The summed E-state index contributed by atoms with van der Waals surface area (Å²) in [6.07, 6.45) is 7.05. The maximum atomic E-state index is 10.1. The Labute approximate surface area is 93.0 Å². The lowest BCUT2D eigenvalue weighted by atomic mass is 9.89. The van der Waals surface area contributed by atoms with E-state index < -0.39 is 0 Å². The van der Waals surface area contributed by atoms with Gasteiger partial charge in [0.1, 0.15) is 0 Å². The van der Waals surface area contributed by atoms with Gasteiger partial charge in [0.25, 0.3) is 0 Å². The number of hydrogen-bond donors (Lipinski definition) is 1. The minimum absolute atomic E-state index is 0.344. The van der Waals surface area contributed by atoms with Gasteiger partial charge in [0.2, 0.25) is 0 Å². The summed E-state index contributed by atoms with van der Waals surface area (Å²) in [6.45, 7) is 0. The Morgan fingerprint density at radius 1 is 1.50 bits per heavy atom. The number of aliphatic hydroxyl groups is 1. The molecule has 0 aliphatic heterocycles. The molecule has 0 bridgehead atoms. The lowest BCUT2D eigenvalue weighted by Gasteiger charge is -2.23. The lowest BCUT2D eigenvalue weighted by Crippen LogP contribution is -2.13. The summed E-state index contributed by atoms with van der Waals surface area (Å²) in [6, 6.07) is 1.85. The molecule has 3 heteroatoms. The molecule has 0 amide bonds. The van der Waals surface area contributed by atoms with Crippen molar-refractivity contribution in [1.29, 1.82) is 0 Å². The van der Waals surface area contributed by atoms with Gasteiger partial charge < -0.3 is 5.11 Å². The molecule has 2 rings (SSSR count). The van der Waals surface area contributed by atoms with E-state index in [-0.39, 0.29) is 6.10 Å². The quantitative estimate of drug-likeness (QED) is 0.764. The Kier molecular flexibility index (Phi) is 3.26. The van der Waals surface area contributed by atoms with Crippen molar-refractivity contribution in [2.45, 2.75) is 25.4 Å². The normalized spacial score (nSPS) is 23.7. The van der Waals surface area contributed by atoms with Gasteiger partial charge in [-0.15, -0.1) is 11.3 Å². The first-order chi connectivity index (χ1) is 6.79. The maximum Gasteiger partial charge on any atom is 0.0928 e. The Morgan fingerprint density at radius 2 is 2.36 bits per heavy atom. The van der Waals surface area contributed by atoms with Gasteiger partial charge in [-0.05, 0) is 36.6 Å². The van der Waals surface area contributed by atoms with Crippen LogP contribution in [-0.4, -0.2) is 5.11 Å². The van der Waals surface area contributed by atoms with Crippen LogP contribution in [0.25, 0.3) is 0 Å². The van der Waals surface area contributed by atoms with Crippen molar-refractivity contribution in [2.75, 3.05) is 0 Å². The van der Waals surface area contributed by atoms with Crippen molar-refractivity contribution in [2.24, 2.45) is 5.92 Å². The minimum Gasteiger partial charge on any atom is -0.387 e. The van der Waals surface area contributed by atoms with E-state index in [2.05, 4.69) is 12.2 Å². The number of rotatable bonds is 2. The number of hydrogen-bond acceptors (Lipinski definition) is 2. The van der Waals surface area contributed by atoms with Gasteiger partial charge >= 0.3 is 0 Å². The van der Waals surface area contributed by atoms with Crippen LogP contribution in [0.2, 0.25) is 5.02 Å². The van der Waals surface area contributed by atoms with Crippen molar-refractivity contribution in [3.63, 3.8) is 0 Å². The van der Waals surface area contributed by atoms with E-state index in [1.807, 2.05) is 11.4 Å². The fourth-order valence-electron chi connectivity index (χ4n) is 1.83. The van der Waals surface area contributed by atoms with Crippen LogP contribution in [0, 0.1) is 5.92 Å². The van der Waals surface area contributed by atoms with Crippen LogP contribution in [0.5, 0.6) is 0 Å². The second-order valence-electron chi connectivity index (χ2n) is 3.62. The molecule has 76 valence electrons. The van der Waals surface area contributed by atoms with E-state index in [9.17, 15) is 5.11 Å². The molecule has 0 saturated heterocycles. The number of thiophene rings is 1. The average Bonchev–Trinajstić information content (AvgIpc) is 2.65. The van der Waals surface area contributed by atoms with Gasteiger partial charge in [-0.3, -0.25) is 0 Å². The summed E-state index contributed by atoms with van der Waals surface area (Å²) in [5.74, 6) is 0.344. The smallest absolute Gasteiger partial charge is 0.0928 e. The minimum atomic E-state index is -0.382. The van der Waals surface area contributed by atoms with Crippen LogP contribution in [0.4, 0.5) is 0 Å². The molecule has 1 aliphatic carbocycles. The number of halogens is 1. The molecule has 0 fully saturated rings. The molecular formula is C11H13ClOS. The molecule has 2 unspecified atom stereocenters. The molecule has 2 atom stereocenters. The largest absolute Gasteiger partial charge is 0.387 e. The molecule has 1 N–H and O–H groups in total. The van der Waals surface area contributed by atoms with Crippen LogP contribution < -0.4 is 0 Å². The third kappa shape index (κ3) is 2.02. The summed E-state index contributed by atoms with van der Waals surface area (Å²) in [5, 5.41) is 12.7. The van der Waals surface area contributed by atoms with Crippen molar-refractivity contribution in [3.05, 3.63) is 33.5 Å². The Bertz CT molecular complexity index is 332. The summed E-state index contributed by atoms with van der Waals surface area (Å²) in [5.41, 5.74) is 0. The zero-order chi connectivity index (χ0) is 9.97. The summed E-state index contributed by atoms with van der Waals surface area (Å²) in [4.78, 5) is 0.923. The third-order valence-electron chi connectivity index (χ3n) is 2.67. The SMILES string of the molecule is OC(c1sccc1Cl)C1CC=CCC1. The van der Waals surface area contributed by atoms with E-state index in [0.717, 1.165) is 24.1 Å². The molecule has 1 heterocycles. The first-order valence-corrected chi connectivity index (χ1v) is 6.10. The first kappa shape index (κ1) is 10.2. The van der Waals surface area contributed by atoms with Crippen molar-refractivity contribution in [1.82, 2.24) is 0 Å². The van der Waals surface area contributed by atoms with Crippen LogP contribution in [0.1, 0.15) is 30.2 Å². The predicted molar refractivity (Wildman–Crippen MR) is 60.8 cm³/mol. The molecule has 1 aromatic rings. The molecule has 14 heavy (non-hydrogen) atoms. The van der Waals surface area contributed by atoms with E-state index in [0.29, 0.717) is 10.9 Å². The van der Waals surface area contributed by atoms with Gasteiger partial charge in [-0.2, -0.15) is 0 Å². The van der Waals surface area contributed by atoms with Crippen molar-refractivity contribution >= 4 is 22.9 Å². The Balaban J connectivity index is 2.11. The van der Waals surface area contributed by atoms with Gasteiger partial charge in [-0.25, -0.2) is 0 Å². The van der Waals surface area contributed by atoms with Crippen LogP contribution in [0.3, 0.4) is 0 Å². The van der Waals surface area contributed by atoms with Crippen LogP contribution >= 0.6 is 22.9 Å². The highest BCUT2D eigenvalue weighted by Crippen LogP contribution is 2.37. The van der Waals surface area contributed by atoms with Crippen molar-refractivity contribution in [3.8, 4) is 0 Å². The highest BCUT2D eigenvalue weighted by molar-refractivity contribution is 7.10. The fraction of sp³-hybridized carbons (Fsp3) is 0.455. The zero-order valence-electron chi connectivity index (χ0n) is 7.82. The Morgan fingerprint density at radius 3 is 2.93 bits per heavy atom. The lowest BCUT2D eigenvalue weighted by molar-refractivity contribution is 0.106. The molecule has 0 radical (unpaired) electrons. The van der Waals surface area contributed by atoms with Crippen LogP contribution in [0.15, 0.2) is 23.6 Å². The predicted octanol–water partition coefficient (Wildman–Crippen LogP) is 3.79. The van der Waals surface area contributed by atoms with Gasteiger partial charge in [0.15, 0.2) is 0 Å². The van der Waals surface area contributed by atoms with E-state index in [4.69, 9.17) is 11.6 Å². The monoisotopic (exact) mass is 228 g/mol. The molecule has 0 aromatic carbocycles. The van der Waals surface area contributed by atoms with Gasteiger partial charge in [0.05, 0.1) is 16.0 Å². The second kappa shape index (κ2) is 4.47. The summed E-state index contributed by atoms with van der Waals surface area (Å²) in [7, 11) is 0. The van der Waals surface area contributed by atoms with E-state index in [1.54, 1.807) is 11.3 Å². The van der Waals surface area contributed by atoms with Gasteiger partial charge in [-0.1, -0.05) is 23.8 Å². The topological polar surface area (TPSA) is 20.2 Å². The molecular weight excluding hydrogens is 216 g/mol. The molecule has 1 nitrogen and oxygen atoms in total. The summed E-state index contributed by atoms with van der Waals surface area (Å²) >= 11 is 7.53. The van der Waals surface area contributed by atoms with Crippen LogP contribution in [-0.2, 0) is 0 Å². The highest BCUT2D eigenvalue weighted by atomic mass is 35.5. The third-order valence-corrected chi connectivity index (χ3v) is 4.10. The standard InChI is InChI=1S/C11H13ClOS/c12-9-6-7-14-11(9)10(13)8-4-2-1-3-5-8/h1-2,6-8,10,13H,3-5H2. The van der Waals surface area contributed by atoms with Crippen molar-refractivity contribution < 1.29 is 5.11 Å². The average molecular weight is 229 g/mol. The molecule has 0 saturated carbocycles. The Hall–Kier alpha value is -0.310. The molecule has 0 spiro atoms. The molecule has 1 aliphatic rings. The second-order valence-corrected chi connectivity index (χ2v) is 4.98. The number of aliphatic hydroxyl groups excluding tert-OH is 1. The zero-order valence-corrected chi connectivity index (χ0v) is 9.39. The number of allylic oxidation sites excluding steroid dienone is 2. The fourth-order valence-corrected chi connectivity index (χ4v) is 3.08. The molecule has 1 aromatic heterocycles. The van der Waals surface area contributed by atoms with E-state index >= 15 is 0 Å². The summed E-state index contributed by atoms with van der Waals surface area (Å²) < 4.78 is 0. The first-order valence-electron chi connectivity index (χ1n) is 4.85. The maximum absolute atomic E-state index is 10.1. The van der Waals surface area contributed by atoms with Gasteiger partial charge in [0, 0.05) is 0 Å². The van der Waals surface area contributed by atoms with E-state index in [1.165, 1.54) is 0 Å².